The maximum atomic E-state index is 5.77. The van der Waals surface area contributed by atoms with E-state index in [1.165, 1.54) is 12.8 Å². The fourth-order valence-corrected chi connectivity index (χ4v) is 1.67. The van der Waals surface area contributed by atoms with Gasteiger partial charge >= 0.3 is 0 Å². The fraction of sp³-hybridized carbons (Fsp3) is 0.500. The second-order valence-corrected chi connectivity index (χ2v) is 3.50. The predicted octanol–water partition coefficient (Wildman–Crippen LogP) is 1.31. The van der Waals surface area contributed by atoms with Gasteiger partial charge in [0.15, 0.2) is 0 Å². The number of hydrogen-bond donors (Lipinski definition) is 1. The SMILES string of the molecule is Nc1cc(Cl)nc(N2CCCC2)n1. The molecule has 0 bridgehead atoms. The lowest BCUT2D eigenvalue weighted by Crippen LogP contribution is -2.20. The second-order valence-electron chi connectivity index (χ2n) is 3.11. The molecule has 1 fully saturated rings. The zero-order valence-corrected chi connectivity index (χ0v) is 7.96. The van der Waals surface area contributed by atoms with E-state index in [0.717, 1.165) is 13.1 Å². The minimum Gasteiger partial charge on any atom is -0.383 e. The van der Waals surface area contributed by atoms with Crippen molar-refractivity contribution in [1.82, 2.24) is 9.97 Å². The van der Waals surface area contributed by atoms with Gasteiger partial charge in [0.1, 0.15) is 11.0 Å². The lowest BCUT2D eigenvalue weighted by molar-refractivity contribution is 0.901. The third-order valence-corrected chi connectivity index (χ3v) is 2.29. The Kier molecular flexibility index (Phi) is 2.22. The lowest BCUT2D eigenvalue weighted by atomic mass is 10.4. The zero-order chi connectivity index (χ0) is 9.26. The molecule has 1 aliphatic heterocycles. The molecule has 0 unspecified atom stereocenters. The second kappa shape index (κ2) is 3.38. The molecule has 0 spiro atoms. The summed E-state index contributed by atoms with van der Waals surface area (Å²) in [5.41, 5.74) is 5.56. The fourth-order valence-electron chi connectivity index (χ4n) is 1.48. The van der Waals surface area contributed by atoms with Gasteiger partial charge in [-0.25, -0.2) is 4.98 Å². The largest absolute Gasteiger partial charge is 0.383 e. The van der Waals surface area contributed by atoms with Crippen LogP contribution in [-0.2, 0) is 0 Å². The minimum atomic E-state index is 0.411. The Hall–Kier alpha value is -1.03. The van der Waals surface area contributed by atoms with Crippen LogP contribution < -0.4 is 10.6 Å². The lowest BCUT2D eigenvalue weighted by Gasteiger charge is -2.14. The molecule has 0 radical (unpaired) electrons. The molecule has 0 saturated carbocycles. The van der Waals surface area contributed by atoms with E-state index in [2.05, 4.69) is 14.9 Å². The van der Waals surface area contributed by atoms with Crippen molar-refractivity contribution in [3.05, 3.63) is 11.2 Å². The van der Waals surface area contributed by atoms with Crippen molar-refractivity contribution in [3.63, 3.8) is 0 Å². The summed E-state index contributed by atoms with van der Waals surface area (Å²) in [5, 5.41) is 0.411. The number of nitrogens with two attached hydrogens (primary N) is 1. The number of nitrogen functional groups attached to an aromatic ring is 1. The van der Waals surface area contributed by atoms with E-state index in [1.807, 2.05) is 0 Å². The molecule has 2 rings (SSSR count). The van der Waals surface area contributed by atoms with Crippen molar-refractivity contribution in [2.24, 2.45) is 0 Å². The van der Waals surface area contributed by atoms with Gasteiger partial charge in [0, 0.05) is 19.2 Å². The molecule has 1 aromatic heterocycles. The summed E-state index contributed by atoms with van der Waals surface area (Å²) in [6, 6.07) is 1.56. The first kappa shape index (κ1) is 8.56. The summed E-state index contributed by atoms with van der Waals surface area (Å²) < 4.78 is 0. The highest BCUT2D eigenvalue weighted by atomic mass is 35.5. The third kappa shape index (κ3) is 1.83. The summed E-state index contributed by atoms with van der Waals surface area (Å²) in [5.74, 6) is 1.09. The molecule has 0 aliphatic carbocycles. The first-order valence-electron chi connectivity index (χ1n) is 4.31. The number of nitrogens with zero attached hydrogens (tertiary/aromatic N) is 3. The molecular formula is C8H11ClN4. The highest BCUT2D eigenvalue weighted by Crippen LogP contribution is 2.19. The number of hydrogen-bond acceptors (Lipinski definition) is 4. The van der Waals surface area contributed by atoms with Crippen LogP contribution >= 0.6 is 11.6 Å². The Labute approximate surface area is 81.7 Å². The summed E-state index contributed by atoms with van der Waals surface area (Å²) in [6.07, 6.45) is 2.38. The average Bonchev–Trinajstić information content (AvgIpc) is 2.53. The zero-order valence-electron chi connectivity index (χ0n) is 7.20. The Balaban J connectivity index is 2.28. The van der Waals surface area contributed by atoms with Gasteiger partial charge in [0.25, 0.3) is 0 Å². The van der Waals surface area contributed by atoms with Gasteiger partial charge < -0.3 is 10.6 Å². The van der Waals surface area contributed by atoms with E-state index < -0.39 is 0 Å². The van der Waals surface area contributed by atoms with Gasteiger partial charge in [-0.15, -0.1) is 0 Å². The molecular weight excluding hydrogens is 188 g/mol. The van der Waals surface area contributed by atoms with Crippen molar-refractivity contribution in [3.8, 4) is 0 Å². The molecule has 1 aromatic rings. The summed E-state index contributed by atoms with van der Waals surface area (Å²) in [6.45, 7) is 2.00. The van der Waals surface area contributed by atoms with Crippen LogP contribution in [0.1, 0.15) is 12.8 Å². The van der Waals surface area contributed by atoms with Crippen LogP contribution in [0.2, 0.25) is 5.15 Å². The maximum absolute atomic E-state index is 5.77. The smallest absolute Gasteiger partial charge is 0.228 e. The monoisotopic (exact) mass is 198 g/mol. The van der Waals surface area contributed by atoms with Crippen molar-refractivity contribution < 1.29 is 0 Å². The standard InChI is InChI=1S/C8H11ClN4/c9-6-5-7(10)12-8(11-6)13-3-1-2-4-13/h5H,1-4H2,(H2,10,11,12). The van der Waals surface area contributed by atoms with Crippen LogP contribution in [-0.4, -0.2) is 23.1 Å². The van der Waals surface area contributed by atoms with Crippen LogP contribution in [0.15, 0.2) is 6.07 Å². The number of halogens is 1. The van der Waals surface area contributed by atoms with Crippen molar-refractivity contribution in [2.45, 2.75) is 12.8 Å². The molecule has 2 N–H and O–H groups in total. The van der Waals surface area contributed by atoms with Crippen LogP contribution in [0.5, 0.6) is 0 Å². The van der Waals surface area contributed by atoms with Gasteiger partial charge in [-0.05, 0) is 12.8 Å². The molecule has 70 valence electrons. The molecule has 0 aromatic carbocycles. The van der Waals surface area contributed by atoms with Gasteiger partial charge in [0.2, 0.25) is 5.95 Å². The molecule has 0 amide bonds. The van der Waals surface area contributed by atoms with E-state index >= 15 is 0 Å². The van der Waals surface area contributed by atoms with Crippen LogP contribution in [0.4, 0.5) is 11.8 Å². The maximum Gasteiger partial charge on any atom is 0.228 e. The van der Waals surface area contributed by atoms with Gasteiger partial charge in [-0.1, -0.05) is 11.6 Å². The van der Waals surface area contributed by atoms with E-state index in [0.29, 0.717) is 16.9 Å². The van der Waals surface area contributed by atoms with Crippen molar-refractivity contribution >= 4 is 23.4 Å². The molecule has 1 saturated heterocycles. The number of rotatable bonds is 1. The van der Waals surface area contributed by atoms with Gasteiger partial charge in [-0.3, -0.25) is 0 Å². The highest BCUT2D eigenvalue weighted by Gasteiger charge is 2.15. The quantitative estimate of drug-likeness (QED) is 0.692. The Morgan fingerprint density at radius 1 is 1.31 bits per heavy atom. The normalized spacial score (nSPS) is 16.5. The van der Waals surface area contributed by atoms with Crippen LogP contribution in [0, 0.1) is 0 Å². The Bertz CT molecular complexity index is 289. The first-order valence-corrected chi connectivity index (χ1v) is 4.68. The Morgan fingerprint density at radius 2 is 2.00 bits per heavy atom. The number of aromatic nitrogens is 2. The van der Waals surface area contributed by atoms with E-state index in [-0.39, 0.29) is 0 Å². The summed E-state index contributed by atoms with van der Waals surface area (Å²) in [4.78, 5) is 10.3. The van der Waals surface area contributed by atoms with Gasteiger partial charge in [-0.2, -0.15) is 4.98 Å². The van der Waals surface area contributed by atoms with E-state index in [1.54, 1.807) is 6.07 Å². The van der Waals surface area contributed by atoms with Crippen molar-refractivity contribution in [1.29, 1.82) is 0 Å². The minimum absolute atomic E-state index is 0.411. The molecule has 4 nitrogen and oxygen atoms in total. The molecule has 5 heteroatoms. The first-order chi connectivity index (χ1) is 6.25. The third-order valence-electron chi connectivity index (χ3n) is 2.09. The molecule has 1 aliphatic rings. The summed E-state index contributed by atoms with van der Waals surface area (Å²) >= 11 is 5.77. The topological polar surface area (TPSA) is 55.0 Å². The summed E-state index contributed by atoms with van der Waals surface area (Å²) in [7, 11) is 0. The van der Waals surface area contributed by atoms with E-state index in [4.69, 9.17) is 17.3 Å². The highest BCUT2D eigenvalue weighted by molar-refractivity contribution is 6.29. The van der Waals surface area contributed by atoms with Crippen LogP contribution in [0.3, 0.4) is 0 Å². The number of anilines is 2. The molecule has 13 heavy (non-hydrogen) atoms. The average molecular weight is 199 g/mol. The molecule has 0 atom stereocenters. The van der Waals surface area contributed by atoms with Crippen LogP contribution in [0.25, 0.3) is 0 Å². The van der Waals surface area contributed by atoms with Gasteiger partial charge in [0.05, 0.1) is 0 Å². The molecule has 2 heterocycles. The van der Waals surface area contributed by atoms with Crippen molar-refractivity contribution in [2.75, 3.05) is 23.7 Å². The predicted molar refractivity (Wildman–Crippen MR) is 52.9 cm³/mol. The Morgan fingerprint density at radius 3 is 2.62 bits per heavy atom. The van der Waals surface area contributed by atoms with E-state index in [9.17, 15) is 0 Å².